The van der Waals surface area contributed by atoms with Gasteiger partial charge in [0.15, 0.2) is 0 Å². The van der Waals surface area contributed by atoms with E-state index in [4.69, 9.17) is 20.6 Å². The van der Waals surface area contributed by atoms with Gasteiger partial charge in [-0.3, -0.25) is 9.56 Å². The molecule has 0 fully saturated rings. The van der Waals surface area contributed by atoms with Crippen LogP contribution in [0.3, 0.4) is 0 Å². The Hall–Kier alpha value is -0.670. The van der Waals surface area contributed by atoms with Crippen LogP contribution in [0.1, 0.15) is 19.4 Å². The van der Waals surface area contributed by atoms with Crippen molar-refractivity contribution in [3.8, 4) is 0 Å². The van der Waals surface area contributed by atoms with Crippen molar-refractivity contribution in [2.45, 2.75) is 13.8 Å². The molecule has 1 aromatic carbocycles. The third kappa shape index (κ3) is 4.91. The molecule has 6 heteroatoms. The fourth-order valence-electron chi connectivity index (χ4n) is 1.33. The van der Waals surface area contributed by atoms with E-state index in [0.717, 1.165) is 5.56 Å². The molecule has 0 aliphatic heterocycles. The minimum absolute atomic E-state index is 0.0000961. The normalized spacial score (nSPS) is 12.2. The molecule has 18 heavy (non-hydrogen) atoms. The number of hydrogen-bond acceptors (Lipinski definition) is 4. The second-order valence-corrected chi connectivity index (χ2v) is 5.85. The highest BCUT2D eigenvalue weighted by Crippen LogP contribution is 2.47. The molecule has 4 nitrogen and oxygen atoms in total. The third-order valence-electron chi connectivity index (χ3n) is 2.04. The van der Waals surface area contributed by atoms with E-state index in [0.29, 0.717) is 18.2 Å². The Morgan fingerprint density at radius 1 is 1.28 bits per heavy atom. The Morgan fingerprint density at radius 3 is 2.44 bits per heavy atom. The molecule has 0 radical (unpaired) electrons. The van der Waals surface area contributed by atoms with Crippen molar-refractivity contribution in [2.75, 3.05) is 19.5 Å². The zero-order valence-electron chi connectivity index (χ0n) is 10.5. The maximum Gasteiger partial charge on any atom is 0.351 e. The Bertz CT molecular complexity index is 441. The fourth-order valence-corrected chi connectivity index (χ4v) is 2.82. The van der Waals surface area contributed by atoms with Gasteiger partial charge in [-0.05, 0) is 19.9 Å². The number of benzene rings is 1. The van der Waals surface area contributed by atoms with Gasteiger partial charge in [0, 0.05) is 16.8 Å². The van der Waals surface area contributed by atoms with Crippen molar-refractivity contribution < 1.29 is 13.6 Å². The summed E-state index contributed by atoms with van der Waals surface area (Å²) in [7, 11) is -3.11. The summed E-state index contributed by atoms with van der Waals surface area (Å²) in [6.07, 6.45) is 1.58. The maximum atomic E-state index is 12.1. The second-order valence-electron chi connectivity index (χ2n) is 3.42. The number of hydrogen-bond donors (Lipinski definition) is 0. The van der Waals surface area contributed by atoms with Gasteiger partial charge >= 0.3 is 7.60 Å². The van der Waals surface area contributed by atoms with E-state index in [1.807, 2.05) is 18.2 Å². The standard InChI is InChI=1S/C12H17ClNO3P/c1-3-16-18(15,17-4-2)10-14-9-11-7-5-6-8-12(11)13/h5-9H,3-4,10H2,1-2H3. The van der Waals surface area contributed by atoms with Crippen molar-refractivity contribution >= 4 is 25.4 Å². The average molecular weight is 290 g/mol. The summed E-state index contributed by atoms with van der Waals surface area (Å²) in [5.74, 6) is 0. The SMILES string of the molecule is CCOP(=O)(CN=Cc1ccccc1Cl)OCC. The highest BCUT2D eigenvalue weighted by molar-refractivity contribution is 7.53. The van der Waals surface area contributed by atoms with Gasteiger partial charge in [-0.15, -0.1) is 0 Å². The quantitative estimate of drug-likeness (QED) is 0.563. The van der Waals surface area contributed by atoms with E-state index in [-0.39, 0.29) is 6.29 Å². The molecule has 0 bridgehead atoms. The van der Waals surface area contributed by atoms with Gasteiger partial charge in [0.05, 0.1) is 13.2 Å². The topological polar surface area (TPSA) is 47.9 Å². The maximum absolute atomic E-state index is 12.1. The number of halogens is 1. The highest BCUT2D eigenvalue weighted by Gasteiger charge is 2.22. The van der Waals surface area contributed by atoms with Gasteiger partial charge in [-0.25, -0.2) is 0 Å². The largest absolute Gasteiger partial charge is 0.351 e. The highest BCUT2D eigenvalue weighted by atomic mass is 35.5. The summed E-state index contributed by atoms with van der Waals surface area (Å²) >= 11 is 5.97. The fraction of sp³-hybridized carbons (Fsp3) is 0.417. The predicted molar refractivity (Wildman–Crippen MR) is 74.8 cm³/mol. The molecule has 1 aromatic rings. The predicted octanol–water partition coefficient (Wildman–Crippen LogP) is 3.98. The van der Waals surface area contributed by atoms with E-state index in [2.05, 4.69) is 4.99 Å². The van der Waals surface area contributed by atoms with Crippen molar-refractivity contribution in [3.63, 3.8) is 0 Å². The summed E-state index contributed by atoms with van der Waals surface area (Å²) in [6, 6.07) is 7.30. The minimum Gasteiger partial charge on any atom is -0.308 e. The van der Waals surface area contributed by atoms with Crippen LogP contribution in [0.2, 0.25) is 5.02 Å². The van der Waals surface area contributed by atoms with E-state index >= 15 is 0 Å². The molecule has 0 saturated heterocycles. The molecule has 0 aromatic heterocycles. The summed E-state index contributed by atoms with van der Waals surface area (Å²) in [4.78, 5) is 4.09. The zero-order valence-corrected chi connectivity index (χ0v) is 12.2. The summed E-state index contributed by atoms with van der Waals surface area (Å²) in [5.41, 5.74) is 0.777. The lowest BCUT2D eigenvalue weighted by Crippen LogP contribution is -1.99. The van der Waals surface area contributed by atoms with Crippen molar-refractivity contribution in [1.82, 2.24) is 0 Å². The molecule has 0 heterocycles. The smallest absolute Gasteiger partial charge is 0.308 e. The van der Waals surface area contributed by atoms with E-state index < -0.39 is 7.60 Å². The van der Waals surface area contributed by atoms with Gasteiger partial charge < -0.3 is 9.05 Å². The van der Waals surface area contributed by atoms with E-state index in [1.165, 1.54) is 0 Å². The van der Waals surface area contributed by atoms with E-state index in [9.17, 15) is 4.57 Å². The van der Waals surface area contributed by atoms with Crippen molar-refractivity contribution in [3.05, 3.63) is 34.9 Å². The summed E-state index contributed by atoms with van der Waals surface area (Å²) in [6.45, 7) is 4.20. The van der Waals surface area contributed by atoms with Gasteiger partial charge in [0.25, 0.3) is 0 Å². The second kappa shape index (κ2) is 7.70. The Balaban J connectivity index is 2.68. The summed E-state index contributed by atoms with van der Waals surface area (Å²) < 4.78 is 22.3. The molecule has 0 N–H and O–H groups in total. The van der Waals surface area contributed by atoms with Crippen LogP contribution in [0.5, 0.6) is 0 Å². The lowest BCUT2D eigenvalue weighted by atomic mass is 10.2. The van der Waals surface area contributed by atoms with Crippen LogP contribution in [0.15, 0.2) is 29.3 Å². The Kier molecular flexibility index (Phi) is 6.58. The van der Waals surface area contributed by atoms with Crippen LogP contribution in [-0.4, -0.2) is 25.7 Å². The van der Waals surface area contributed by atoms with Gasteiger partial charge in [-0.2, -0.15) is 0 Å². The third-order valence-corrected chi connectivity index (χ3v) is 4.20. The Morgan fingerprint density at radius 2 is 1.89 bits per heavy atom. The number of rotatable bonds is 7. The van der Waals surface area contributed by atoms with Crippen LogP contribution in [0.25, 0.3) is 0 Å². The molecule has 0 aliphatic rings. The van der Waals surface area contributed by atoms with Crippen molar-refractivity contribution in [1.29, 1.82) is 0 Å². The van der Waals surface area contributed by atoms with Crippen LogP contribution in [0.4, 0.5) is 0 Å². The first-order valence-corrected chi connectivity index (χ1v) is 7.84. The molecule has 0 unspecified atom stereocenters. The molecular weight excluding hydrogens is 273 g/mol. The molecule has 100 valence electrons. The van der Waals surface area contributed by atoms with E-state index in [1.54, 1.807) is 26.1 Å². The van der Waals surface area contributed by atoms with Gasteiger partial charge in [0.2, 0.25) is 0 Å². The molecular formula is C12H17ClNO3P. The van der Waals surface area contributed by atoms with Crippen LogP contribution in [0, 0.1) is 0 Å². The Labute approximate surface area is 113 Å². The molecule has 1 rings (SSSR count). The monoisotopic (exact) mass is 289 g/mol. The molecule has 0 saturated carbocycles. The molecule has 0 spiro atoms. The first kappa shape index (κ1) is 15.4. The lowest BCUT2D eigenvalue weighted by Gasteiger charge is -2.14. The van der Waals surface area contributed by atoms with Crippen LogP contribution >= 0.6 is 19.2 Å². The molecule has 0 amide bonds. The first-order chi connectivity index (χ1) is 8.61. The zero-order chi connectivity index (χ0) is 13.4. The van der Waals surface area contributed by atoms with Gasteiger partial charge in [0.1, 0.15) is 6.29 Å². The first-order valence-electron chi connectivity index (χ1n) is 5.73. The lowest BCUT2D eigenvalue weighted by molar-refractivity contribution is 0.221. The van der Waals surface area contributed by atoms with Crippen molar-refractivity contribution in [2.24, 2.45) is 4.99 Å². The van der Waals surface area contributed by atoms with Crippen LogP contribution < -0.4 is 0 Å². The number of aliphatic imine (C=N–C) groups is 1. The van der Waals surface area contributed by atoms with Gasteiger partial charge in [-0.1, -0.05) is 29.8 Å². The number of nitrogens with zero attached hydrogens (tertiary/aromatic N) is 1. The minimum atomic E-state index is -3.11. The van der Waals surface area contributed by atoms with Crippen LogP contribution in [-0.2, 0) is 13.6 Å². The summed E-state index contributed by atoms with van der Waals surface area (Å²) in [5, 5.41) is 0.601. The molecule has 0 atom stereocenters. The molecule has 0 aliphatic carbocycles. The average Bonchev–Trinajstić information content (AvgIpc) is 2.32.